The third kappa shape index (κ3) is 4.78. The normalized spacial score (nSPS) is 11.4. The maximum atomic E-state index is 11.7. The minimum atomic E-state index is -3.71. The number of nitrogens with zero attached hydrogens (tertiary/aromatic N) is 1. The molecule has 0 bridgehead atoms. The first-order chi connectivity index (χ1) is 9.55. The van der Waals surface area contributed by atoms with E-state index in [1.165, 1.54) is 17.2 Å². The van der Waals surface area contributed by atoms with Crippen LogP contribution in [-0.2, 0) is 27.0 Å². The molecule has 2 heterocycles. The van der Waals surface area contributed by atoms with Crippen molar-refractivity contribution < 1.29 is 17.7 Å². The minimum Gasteiger partial charge on any atom is -0.364 e. The summed E-state index contributed by atoms with van der Waals surface area (Å²) >= 11 is 1.62. The highest BCUT2D eigenvalue weighted by Crippen LogP contribution is 2.12. The number of aryl methyl sites for hydroxylation is 1. The van der Waals surface area contributed by atoms with E-state index in [1.54, 1.807) is 11.3 Å². The van der Waals surface area contributed by atoms with Gasteiger partial charge in [0.05, 0.1) is 0 Å². The second-order valence-corrected chi connectivity index (χ2v) is 6.96. The molecule has 0 saturated carbocycles. The highest BCUT2D eigenvalue weighted by atomic mass is 32.2. The lowest BCUT2D eigenvalue weighted by Gasteiger charge is -2.04. The van der Waals surface area contributed by atoms with E-state index in [0.29, 0.717) is 6.42 Å². The van der Waals surface area contributed by atoms with Crippen molar-refractivity contribution in [2.24, 2.45) is 0 Å². The molecule has 0 fully saturated rings. The lowest BCUT2D eigenvalue weighted by molar-refractivity contribution is -0.119. The van der Waals surface area contributed by atoms with Gasteiger partial charge in [-0.25, -0.2) is 8.42 Å². The number of carbonyl (C=O) groups excluding carboxylic acids is 1. The van der Waals surface area contributed by atoms with Crippen LogP contribution in [0.5, 0.6) is 0 Å². The van der Waals surface area contributed by atoms with E-state index in [9.17, 15) is 13.2 Å². The van der Waals surface area contributed by atoms with Crippen LogP contribution in [0.3, 0.4) is 0 Å². The third-order valence-electron chi connectivity index (χ3n) is 2.51. The molecule has 1 N–H and O–H groups in total. The fourth-order valence-electron chi connectivity index (χ4n) is 1.65. The number of sulfonamides is 1. The average molecular weight is 314 g/mol. The Morgan fingerprint density at radius 3 is 2.90 bits per heavy atom. The first-order valence-corrected chi connectivity index (χ1v) is 8.53. The van der Waals surface area contributed by atoms with Gasteiger partial charge in [0.15, 0.2) is 0 Å². The molecular formula is C12H14N2O4S2. The van der Waals surface area contributed by atoms with Gasteiger partial charge in [0, 0.05) is 17.4 Å². The van der Waals surface area contributed by atoms with Gasteiger partial charge >= 0.3 is 0 Å². The highest BCUT2D eigenvalue weighted by molar-refractivity contribution is 7.89. The molecule has 0 unspecified atom stereocenters. The topological polar surface area (TPSA) is 89.3 Å². The molecular weight excluding hydrogens is 300 g/mol. The summed E-state index contributed by atoms with van der Waals surface area (Å²) in [5.41, 5.74) is 0.267. The zero-order chi connectivity index (χ0) is 14.4. The SMILES string of the molecule is O=C(CCCc1cccs1)NS(=O)(=O)Cc1ccon1. The molecule has 0 aliphatic heterocycles. The lowest BCUT2D eigenvalue weighted by Crippen LogP contribution is -2.31. The van der Waals surface area contributed by atoms with E-state index in [-0.39, 0.29) is 17.9 Å². The van der Waals surface area contributed by atoms with Crippen LogP contribution in [0.25, 0.3) is 0 Å². The van der Waals surface area contributed by atoms with E-state index in [4.69, 9.17) is 0 Å². The van der Waals surface area contributed by atoms with Gasteiger partial charge in [0.2, 0.25) is 15.9 Å². The van der Waals surface area contributed by atoms with Crippen molar-refractivity contribution in [1.82, 2.24) is 9.88 Å². The van der Waals surface area contributed by atoms with Gasteiger partial charge in [-0.3, -0.25) is 9.52 Å². The molecule has 0 atom stereocenters. The van der Waals surface area contributed by atoms with Gasteiger partial charge in [-0.2, -0.15) is 0 Å². The summed E-state index contributed by atoms with van der Waals surface area (Å²) in [7, 11) is -3.71. The second-order valence-electron chi connectivity index (χ2n) is 4.21. The van der Waals surface area contributed by atoms with Crippen LogP contribution in [0.15, 0.2) is 34.4 Å². The summed E-state index contributed by atoms with van der Waals surface area (Å²) in [5.74, 6) is -0.856. The molecule has 0 spiro atoms. The van der Waals surface area contributed by atoms with Gasteiger partial charge in [-0.05, 0) is 24.3 Å². The maximum absolute atomic E-state index is 11.7. The summed E-state index contributed by atoms with van der Waals surface area (Å²) in [6.45, 7) is 0. The summed E-state index contributed by atoms with van der Waals surface area (Å²) in [6, 6.07) is 5.38. The maximum Gasteiger partial charge on any atom is 0.240 e. The number of carbonyl (C=O) groups is 1. The fraction of sp³-hybridized carbons (Fsp3) is 0.333. The number of aromatic nitrogens is 1. The Labute approximate surface area is 120 Å². The standard InChI is InChI=1S/C12H14N2O4S2/c15-12(5-1-3-11-4-2-8-19-11)14-20(16,17)9-10-6-7-18-13-10/h2,4,6-8H,1,3,5,9H2,(H,14,15). The van der Waals surface area contributed by atoms with E-state index in [1.807, 2.05) is 22.2 Å². The lowest BCUT2D eigenvalue weighted by atomic mass is 10.2. The Morgan fingerprint density at radius 1 is 1.40 bits per heavy atom. The molecule has 0 aliphatic rings. The number of hydrogen-bond donors (Lipinski definition) is 1. The molecule has 2 aromatic rings. The van der Waals surface area contributed by atoms with E-state index in [2.05, 4.69) is 9.68 Å². The zero-order valence-corrected chi connectivity index (χ0v) is 12.2. The molecule has 1 amide bonds. The molecule has 0 radical (unpaired) electrons. The molecule has 2 rings (SSSR count). The average Bonchev–Trinajstić information content (AvgIpc) is 3.00. The number of thiophene rings is 1. The van der Waals surface area contributed by atoms with Crippen LogP contribution in [0.1, 0.15) is 23.4 Å². The Balaban J connectivity index is 1.75. The molecule has 0 aromatic carbocycles. The minimum absolute atomic E-state index is 0.177. The molecule has 0 aliphatic carbocycles. The monoisotopic (exact) mass is 314 g/mol. The van der Waals surface area contributed by atoms with Gasteiger partial charge < -0.3 is 4.52 Å². The highest BCUT2D eigenvalue weighted by Gasteiger charge is 2.16. The third-order valence-corrected chi connectivity index (χ3v) is 4.66. The molecule has 108 valence electrons. The van der Waals surface area contributed by atoms with Crippen LogP contribution in [0.2, 0.25) is 0 Å². The Hall–Kier alpha value is -1.67. The predicted molar refractivity (Wildman–Crippen MR) is 74.5 cm³/mol. The summed E-state index contributed by atoms with van der Waals surface area (Å²) in [5, 5.41) is 5.47. The van der Waals surface area contributed by atoms with E-state index < -0.39 is 15.9 Å². The number of rotatable bonds is 7. The van der Waals surface area contributed by atoms with Crippen molar-refractivity contribution in [3.8, 4) is 0 Å². The van der Waals surface area contributed by atoms with E-state index in [0.717, 1.165) is 6.42 Å². The fourth-order valence-corrected chi connectivity index (χ4v) is 3.46. The summed E-state index contributed by atoms with van der Waals surface area (Å²) in [6.07, 6.45) is 2.85. The first-order valence-electron chi connectivity index (χ1n) is 6.00. The Bertz CT molecular complexity index is 633. The Kier molecular flexibility index (Phi) is 4.91. The van der Waals surface area contributed by atoms with Crippen LogP contribution >= 0.6 is 11.3 Å². The molecule has 2 aromatic heterocycles. The zero-order valence-electron chi connectivity index (χ0n) is 10.6. The first kappa shape index (κ1) is 14.7. The van der Waals surface area contributed by atoms with Crippen molar-refractivity contribution in [1.29, 1.82) is 0 Å². The van der Waals surface area contributed by atoms with Gasteiger partial charge in [-0.15, -0.1) is 11.3 Å². The van der Waals surface area contributed by atoms with Gasteiger partial charge in [0.25, 0.3) is 0 Å². The molecule has 6 nitrogen and oxygen atoms in total. The van der Waals surface area contributed by atoms with Crippen molar-refractivity contribution in [2.45, 2.75) is 25.0 Å². The second kappa shape index (κ2) is 6.67. The quantitative estimate of drug-likeness (QED) is 0.840. The molecule has 0 saturated heterocycles. The number of nitrogens with one attached hydrogen (secondary N) is 1. The molecule has 8 heteroatoms. The van der Waals surface area contributed by atoms with Crippen molar-refractivity contribution in [3.63, 3.8) is 0 Å². The summed E-state index contributed by atoms with van der Waals surface area (Å²) in [4.78, 5) is 12.8. The van der Waals surface area contributed by atoms with Crippen molar-refractivity contribution >= 4 is 27.3 Å². The van der Waals surface area contributed by atoms with Gasteiger partial charge in [0.1, 0.15) is 17.7 Å². The van der Waals surface area contributed by atoms with Crippen LogP contribution in [0, 0.1) is 0 Å². The van der Waals surface area contributed by atoms with Crippen molar-refractivity contribution in [3.05, 3.63) is 40.4 Å². The van der Waals surface area contributed by atoms with Crippen LogP contribution in [0.4, 0.5) is 0 Å². The van der Waals surface area contributed by atoms with Crippen molar-refractivity contribution in [2.75, 3.05) is 0 Å². The summed E-state index contributed by atoms with van der Waals surface area (Å²) < 4.78 is 30.0. The molecule has 20 heavy (non-hydrogen) atoms. The van der Waals surface area contributed by atoms with E-state index >= 15 is 0 Å². The van der Waals surface area contributed by atoms with Crippen LogP contribution in [-0.4, -0.2) is 19.5 Å². The predicted octanol–water partition coefficient (Wildman–Crippen LogP) is 1.71. The smallest absolute Gasteiger partial charge is 0.240 e. The number of hydrogen-bond acceptors (Lipinski definition) is 6. The Morgan fingerprint density at radius 2 is 2.25 bits per heavy atom. The van der Waals surface area contributed by atoms with Crippen LogP contribution < -0.4 is 4.72 Å². The van der Waals surface area contributed by atoms with Gasteiger partial charge in [-0.1, -0.05) is 11.2 Å². The largest absolute Gasteiger partial charge is 0.364 e. The number of amides is 1.